The third-order valence-corrected chi connectivity index (χ3v) is 4.85. The molecule has 0 bridgehead atoms. The largest absolute Gasteiger partial charge is 0.351 e. The van der Waals surface area contributed by atoms with Crippen molar-refractivity contribution in [3.05, 3.63) is 77.1 Å². The standard InChI is InChI=1S/C19H15ClFN3OS/c20-16-4-2-1-3-14(16)11-22-18(25)12-26-19-10-9-17(23-24-19)13-5-7-15(21)8-6-13/h1-10H,11-12H2,(H,22,25). The number of halogens is 2. The van der Waals surface area contributed by atoms with E-state index in [-0.39, 0.29) is 17.5 Å². The Morgan fingerprint density at radius 2 is 1.81 bits per heavy atom. The Kier molecular flexibility index (Phi) is 6.20. The van der Waals surface area contributed by atoms with Crippen LogP contribution >= 0.6 is 23.4 Å². The maximum atomic E-state index is 13.0. The topological polar surface area (TPSA) is 54.9 Å². The van der Waals surface area contributed by atoms with E-state index >= 15 is 0 Å². The summed E-state index contributed by atoms with van der Waals surface area (Å²) in [6.45, 7) is 0.383. The van der Waals surface area contributed by atoms with Crippen LogP contribution in [-0.2, 0) is 11.3 Å². The van der Waals surface area contributed by atoms with Crippen molar-refractivity contribution in [3.8, 4) is 11.3 Å². The lowest BCUT2D eigenvalue weighted by Crippen LogP contribution is -2.24. The van der Waals surface area contributed by atoms with Gasteiger partial charge < -0.3 is 5.32 Å². The fraction of sp³-hybridized carbons (Fsp3) is 0.105. The van der Waals surface area contributed by atoms with Gasteiger partial charge in [-0.2, -0.15) is 0 Å². The molecular formula is C19H15ClFN3OS. The molecule has 4 nitrogen and oxygen atoms in total. The second kappa shape index (κ2) is 8.78. The Bertz CT molecular complexity index is 888. The molecule has 7 heteroatoms. The van der Waals surface area contributed by atoms with E-state index < -0.39 is 0 Å². The normalized spacial score (nSPS) is 10.5. The highest BCUT2D eigenvalue weighted by molar-refractivity contribution is 7.99. The molecule has 26 heavy (non-hydrogen) atoms. The van der Waals surface area contributed by atoms with E-state index in [1.165, 1.54) is 23.9 Å². The van der Waals surface area contributed by atoms with Crippen molar-refractivity contribution in [2.45, 2.75) is 11.6 Å². The van der Waals surface area contributed by atoms with E-state index in [9.17, 15) is 9.18 Å². The summed E-state index contributed by atoms with van der Waals surface area (Å²) in [6, 6.07) is 17.0. The van der Waals surface area contributed by atoms with Crippen molar-refractivity contribution in [1.82, 2.24) is 15.5 Å². The molecule has 1 heterocycles. The number of amides is 1. The number of benzene rings is 2. The van der Waals surface area contributed by atoms with Crippen LogP contribution in [-0.4, -0.2) is 21.9 Å². The van der Waals surface area contributed by atoms with Crippen molar-refractivity contribution < 1.29 is 9.18 Å². The minimum Gasteiger partial charge on any atom is -0.351 e. The SMILES string of the molecule is O=C(CSc1ccc(-c2ccc(F)cc2)nn1)NCc1ccccc1Cl. The van der Waals surface area contributed by atoms with E-state index in [4.69, 9.17) is 11.6 Å². The van der Waals surface area contributed by atoms with Gasteiger partial charge in [0.05, 0.1) is 11.4 Å². The zero-order chi connectivity index (χ0) is 18.4. The van der Waals surface area contributed by atoms with E-state index in [2.05, 4.69) is 15.5 Å². The number of thioether (sulfide) groups is 1. The first kappa shape index (κ1) is 18.4. The van der Waals surface area contributed by atoms with E-state index in [1.54, 1.807) is 30.3 Å². The number of hydrogen-bond acceptors (Lipinski definition) is 4. The quantitative estimate of drug-likeness (QED) is 0.639. The van der Waals surface area contributed by atoms with Crippen LogP contribution in [0.3, 0.4) is 0 Å². The van der Waals surface area contributed by atoms with Gasteiger partial charge in [0.15, 0.2) is 0 Å². The highest BCUT2D eigenvalue weighted by Crippen LogP contribution is 2.20. The number of hydrogen-bond donors (Lipinski definition) is 1. The van der Waals surface area contributed by atoms with Crippen LogP contribution in [0, 0.1) is 5.82 Å². The van der Waals surface area contributed by atoms with Gasteiger partial charge in [0, 0.05) is 17.1 Å². The first-order valence-corrected chi connectivity index (χ1v) is 9.21. The van der Waals surface area contributed by atoms with Crippen LogP contribution in [0.4, 0.5) is 4.39 Å². The molecule has 0 saturated carbocycles. The lowest BCUT2D eigenvalue weighted by molar-refractivity contribution is -0.118. The van der Waals surface area contributed by atoms with Crippen molar-refractivity contribution in [2.75, 3.05) is 5.75 Å². The number of rotatable bonds is 6. The summed E-state index contributed by atoms with van der Waals surface area (Å²) in [7, 11) is 0. The molecule has 0 spiro atoms. The fourth-order valence-corrected chi connectivity index (χ4v) is 3.04. The maximum absolute atomic E-state index is 13.0. The van der Waals surface area contributed by atoms with Gasteiger partial charge >= 0.3 is 0 Å². The Balaban J connectivity index is 1.50. The van der Waals surface area contributed by atoms with Gasteiger partial charge in [-0.3, -0.25) is 4.79 Å². The van der Waals surface area contributed by atoms with Crippen molar-refractivity contribution in [3.63, 3.8) is 0 Å². The van der Waals surface area contributed by atoms with Gasteiger partial charge in [-0.25, -0.2) is 4.39 Å². The van der Waals surface area contributed by atoms with Crippen LogP contribution in [0.25, 0.3) is 11.3 Å². The average molecular weight is 388 g/mol. The number of aromatic nitrogens is 2. The van der Waals surface area contributed by atoms with Crippen molar-refractivity contribution in [1.29, 1.82) is 0 Å². The molecule has 3 rings (SSSR count). The van der Waals surface area contributed by atoms with Gasteiger partial charge in [0.1, 0.15) is 10.8 Å². The smallest absolute Gasteiger partial charge is 0.230 e. The second-order valence-corrected chi connectivity index (χ2v) is 6.82. The first-order valence-electron chi connectivity index (χ1n) is 7.84. The molecule has 3 aromatic rings. The molecular weight excluding hydrogens is 373 g/mol. The third-order valence-electron chi connectivity index (χ3n) is 3.57. The first-order chi connectivity index (χ1) is 12.6. The molecule has 0 atom stereocenters. The second-order valence-electron chi connectivity index (χ2n) is 5.42. The summed E-state index contributed by atoms with van der Waals surface area (Å²) in [5.74, 6) is -0.175. The van der Waals surface area contributed by atoms with E-state index in [1.807, 2.05) is 18.2 Å². The van der Waals surface area contributed by atoms with Crippen LogP contribution in [0.1, 0.15) is 5.56 Å². The Morgan fingerprint density at radius 3 is 2.50 bits per heavy atom. The zero-order valence-electron chi connectivity index (χ0n) is 13.7. The summed E-state index contributed by atoms with van der Waals surface area (Å²) < 4.78 is 13.0. The van der Waals surface area contributed by atoms with E-state index in [0.717, 1.165) is 11.1 Å². The van der Waals surface area contributed by atoms with Crippen LogP contribution in [0.5, 0.6) is 0 Å². The maximum Gasteiger partial charge on any atom is 0.230 e. The lowest BCUT2D eigenvalue weighted by atomic mass is 10.1. The van der Waals surface area contributed by atoms with Gasteiger partial charge in [0.2, 0.25) is 5.91 Å². The summed E-state index contributed by atoms with van der Waals surface area (Å²) in [4.78, 5) is 12.0. The molecule has 0 unspecified atom stereocenters. The minimum atomic E-state index is -0.295. The summed E-state index contributed by atoms with van der Waals surface area (Å²) in [5, 5.41) is 12.3. The van der Waals surface area contributed by atoms with Crippen LogP contribution < -0.4 is 5.32 Å². The molecule has 0 radical (unpaired) electrons. The molecule has 1 N–H and O–H groups in total. The number of nitrogens with one attached hydrogen (secondary N) is 1. The van der Waals surface area contributed by atoms with Gasteiger partial charge in [-0.1, -0.05) is 41.6 Å². The molecule has 0 saturated heterocycles. The molecule has 0 aliphatic rings. The predicted octanol–water partition coefficient (Wildman–Crippen LogP) is 4.34. The fourth-order valence-electron chi connectivity index (χ4n) is 2.20. The average Bonchev–Trinajstić information content (AvgIpc) is 2.67. The van der Waals surface area contributed by atoms with Gasteiger partial charge in [0.25, 0.3) is 0 Å². The van der Waals surface area contributed by atoms with E-state index in [0.29, 0.717) is 22.3 Å². The predicted molar refractivity (Wildman–Crippen MR) is 101 cm³/mol. The highest BCUT2D eigenvalue weighted by atomic mass is 35.5. The lowest BCUT2D eigenvalue weighted by Gasteiger charge is -2.06. The highest BCUT2D eigenvalue weighted by Gasteiger charge is 2.07. The zero-order valence-corrected chi connectivity index (χ0v) is 15.2. The monoisotopic (exact) mass is 387 g/mol. The molecule has 2 aromatic carbocycles. The summed E-state index contributed by atoms with van der Waals surface area (Å²) in [6.07, 6.45) is 0. The van der Waals surface area contributed by atoms with Crippen LogP contribution in [0.2, 0.25) is 5.02 Å². The molecule has 0 aliphatic heterocycles. The molecule has 132 valence electrons. The van der Waals surface area contributed by atoms with Gasteiger partial charge in [-0.15, -0.1) is 10.2 Å². The molecule has 0 aliphatic carbocycles. The van der Waals surface area contributed by atoms with Crippen molar-refractivity contribution >= 4 is 29.3 Å². The van der Waals surface area contributed by atoms with Gasteiger partial charge in [-0.05, 0) is 48.0 Å². The molecule has 0 fully saturated rings. The minimum absolute atomic E-state index is 0.112. The number of carbonyl (C=O) groups is 1. The van der Waals surface area contributed by atoms with Crippen LogP contribution in [0.15, 0.2) is 65.7 Å². The third kappa shape index (κ3) is 5.03. The molecule has 1 amide bonds. The Labute approximate surface area is 159 Å². The number of nitrogens with zero attached hydrogens (tertiary/aromatic N) is 2. The Hall–Kier alpha value is -2.44. The summed E-state index contributed by atoms with van der Waals surface area (Å²) >= 11 is 7.35. The molecule has 1 aromatic heterocycles. The number of carbonyl (C=O) groups excluding carboxylic acids is 1. The summed E-state index contributed by atoms with van der Waals surface area (Å²) in [5.41, 5.74) is 2.31. The Morgan fingerprint density at radius 1 is 1.04 bits per heavy atom. The van der Waals surface area contributed by atoms with Crippen molar-refractivity contribution in [2.24, 2.45) is 0 Å².